The number of halogens is 1. The van der Waals surface area contributed by atoms with Crippen molar-refractivity contribution in [2.24, 2.45) is 5.41 Å². The van der Waals surface area contributed by atoms with Crippen molar-refractivity contribution in [3.63, 3.8) is 0 Å². The average molecular weight is 377 g/mol. The van der Waals surface area contributed by atoms with E-state index in [0.29, 0.717) is 11.4 Å². The number of rotatable bonds is 4. The SMILES string of the molecule is Cl.O=C(NO)c1cnc(N2CCC3(CN(Cc4ccccn4)C3)C2)nc1. The highest BCUT2D eigenvalue weighted by Crippen LogP contribution is 2.40. The van der Waals surface area contributed by atoms with Crippen molar-refractivity contribution >= 4 is 24.3 Å². The molecule has 26 heavy (non-hydrogen) atoms. The van der Waals surface area contributed by atoms with Gasteiger partial charge in [-0.2, -0.15) is 0 Å². The van der Waals surface area contributed by atoms with Crippen LogP contribution < -0.4 is 10.4 Å². The fourth-order valence-electron chi connectivity index (χ4n) is 3.77. The van der Waals surface area contributed by atoms with Crippen molar-refractivity contribution in [2.45, 2.75) is 13.0 Å². The average Bonchev–Trinajstić information content (AvgIpc) is 3.07. The minimum absolute atomic E-state index is 0. The van der Waals surface area contributed by atoms with Crippen LogP contribution in [0.2, 0.25) is 0 Å². The van der Waals surface area contributed by atoms with Gasteiger partial charge in [-0.1, -0.05) is 6.07 Å². The number of likely N-dealkylation sites (tertiary alicyclic amines) is 1. The summed E-state index contributed by atoms with van der Waals surface area (Å²) in [5.74, 6) is 0.0307. The van der Waals surface area contributed by atoms with E-state index in [9.17, 15) is 4.79 Å². The first-order valence-corrected chi connectivity index (χ1v) is 8.31. The van der Waals surface area contributed by atoms with E-state index in [-0.39, 0.29) is 18.0 Å². The maximum absolute atomic E-state index is 11.3. The molecule has 0 aliphatic carbocycles. The highest BCUT2D eigenvalue weighted by atomic mass is 35.5. The zero-order valence-corrected chi connectivity index (χ0v) is 15.0. The first-order chi connectivity index (χ1) is 12.2. The summed E-state index contributed by atoms with van der Waals surface area (Å²) >= 11 is 0. The number of hydroxylamine groups is 1. The number of nitrogens with one attached hydrogen (secondary N) is 1. The van der Waals surface area contributed by atoms with Crippen molar-refractivity contribution in [3.8, 4) is 0 Å². The molecule has 0 unspecified atom stereocenters. The molecule has 2 fully saturated rings. The summed E-state index contributed by atoms with van der Waals surface area (Å²) in [5, 5.41) is 8.63. The molecule has 4 rings (SSSR count). The Hall–Kier alpha value is -2.29. The summed E-state index contributed by atoms with van der Waals surface area (Å²) in [6.07, 6.45) is 5.83. The minimum Gasteiger partial charge on any atom is -0.340 e. The van der Waals surface area contributed by atoms with Crippen LogP contribution in [0.15, 0.2) is 36.8 Å². The second-order valence-electron chi connectivity index (χ2n) is 6.85. The predicted molar refractivity (Wildman–Crippen MR) is 97.3 cm³/mol. The number of hydrogen-bond acceptors (Lipinski definition) is 7. The molecule has 2 N–H and O–H groups in total. The van der Waals surface area contributed by atoms with Crippen LogP contribution in [0, 0.1) is 5.41 Å². The van der Waals surface area contributed by atoms with Crippen molar-refractivity contribution < 1.29 is 10.0 Å². The second-order valence-corrected chi connectivity index (χ2v) is 6.85. The van der Waals surface area contributed by atoms with E-state index in [1.165, 1.54) is 12.4 Å². The molecule has 4 heterocycles. The summed E-state index contributed by atoms with van der Waals surface area (Å²) in [6.45, 7) is 4.86. The predicted octanol–water partition coefficient (Wildman–Crippen LogP) is 1.12. The lowest BCUT2D eigenvalue weighted by Gasteiger charge is -2.48. The van der Waals surface area contributed by atoms with Crippen molar-refractivity contribution in [1.29, 1.82) is 0 Å². The van der Waals surface area contributed by atoms with E-state index in [0.717, 1.165) is 44.8 Å². The number of hydrogen-bond donors (Lipinski definition) is 2. The van der Waals surface area contributed by atoms with Crippen LogP contribution in [0.3, 0.4) is 0 Å². The number of aromatic nitrogens is 3. The third-order valence-corrected chi connectivity index (χ3v) is 4.95. The number of pyridine rings is 1. The maximum atomic E-state index is 11.3. The van der Waals surface area contributed by atoms with Gasteiger partial charge in [-0.15, -0.1) is 12.4 Å². The number of carbonyl (C=O) groups excluding carboxylic acids is 1. The maximum Gasteiger partial charge on any atom is 0.277 e. The van der Waals surface area contributed by atoms with Gasteiger partial charge in [-0.05, 0) is 18.6 Å². The molecular formula is C17H21ClN6O2. The lowest BCUT2D eigenvalue weighted by molar-refractivity contribution is 0.0107. The largest absolute Gasteiger partial charge is 0.340 e. The molecule has 2 aromatic rings. The van der Waals surface area contributed by atoms with Crippen LogP contribution in [0.5, 0.6) is 0 Å². The zero-order valence-electron chi connectivity index (χ0n) is 14.2. The van der Waals surface area contributed by atoms with Crippen molar-refractivity contribution in [2.75, 3.05) is 31.1 Å². The summed E-state index contributed by atoms with van der Waals surface area (Å²) in [7, 11) is 0. The van der Waals surface area contributed by atoms with Gasteiger partial charge in [0.1, 0.15) is 0 Å². The highest BCUT2D eigenvalue weighted by molar-refractivity contribution is 5.92. The molecule has 1 amide bonds. The Labute approximate surface area is 157 Å². The van der Waals surface area contributed by atoms with E-state index >= 15 is 0 Å². The van der Waals surface area contributed by atoms with Gasteiger partial charge in [0.25, 0.3) is 5.91 Å². The van der Waals surface area contributed by atoms with Crippen molar-refractivity contribution in [3.05, 3.63) is 48.0 Å². The fourth-order valence-corrected chi connectivity index (χ4v) is 3.77. The summed E-state index contributed by atoms with van der Waals surface area (Å²) in [6, 6.07) is 6.02. The van der Waals surface area contributed by atoms with E-state index in [4.69, 9.17) is 5.21 Å². The third-order valence-electron chi connectivity index (χ3n) is 4.95. The Morgan fingerprint density at radius 1 is 1.19 bits per heavy atom. The molecule has 0 saturated carbocycles. The van der Waals surface area contributed by atoms with E-state index < -0.39 is 5.91 Å². The number of carbonyl (C=O) groups is 1. The van der Waals surface area contributed by atoms with Crippen LogP contribution in [0.25, 0.3) is 0 Å². The van der Waals surface area contributed by atoms with Gasteiger partial charge in [0.15, 0.2) is 0 Å². The quantitative estimate of drug-likeness (QED) is 0.610. The normalized spacial score (nSPS) is 18.3. The molecule has 2 aromatic heterocycles. The Bertz CT molecular complexity index is 752. The summed E-state index contributed by atoms with van der Waals surface area (Å²) in [4.78, 5) is 28.8. The van der Waals surface area contributed by atoms with Crippen LogP contribution in [-0.4, -0.2) is 57.1 Å². The van der Waals surface area contributed by atoms with Crippen LogP contribution >= 0.6 is 12.4 Å². The van der Waals surface area contributed by atoms with E-state index in [2.05, 4.69) is 30.8 Å². The molecule has 2 aliphatic rings. The molecule has 138 valence electrons. The minimum atomic E-state index is -0.603. The molecule has 2 saturated heterocycles. The molecular weight excluding hydrogens is 356 g/mol. The Kier molecular flexibility index (Phi) is 5.36. The number of nitrogens with zero attached hydrogens (tertiary/aromatic N) is 5. The fraction of sp³-hybridized carbons (Fsp3) is 0.412. The van der Waals surface area contributed by atoms with Crippen LogP contribution in [-0.2, 0) is 6.54 Å². The Morgan fingerprint density at radius 2 is 1.96 bits per heavy atom. The molecule has 1 spiro atoms. The van der Waals surface area contributed by atoms with Gasteiger partial charge >= 0.3 is 0 Å². The molecule has 9 heteroatoms. The Balaban J connectivity index is 0.00000196. The van der Waals surface area contributed by atoms with E-state index in [1.807, 2.05) is 18.3 Å². The summed E-state index contributed by atoms with van der Waals surface area (Å²) < 4.78 is 0. The number of amides is 1. The van der Waals surface area contributed by atoms with Gasteiger partial charge in [0, 0.05) is 56.7 Å². The first-order valence-electron chi connectivity index (χ1n) is 8.31. The third kappa shape index (κ3) is 3.62. The highest BCUT2D eigenvalue weighted by Gasteiger charge is 2.47. The number of anilines is 1. The Morgan fingerprint density at radius 3 is 2.62 bits per heavy atom. The lowest BCUT2D eigenvalue weighted by Crippen LogP contribution is -2.57. The lowest BCUT2D eigenvalue weighted by atomic mass is 9.79. The second kappa shape index (κ2) is 7.53. The van der Waals surface area contributed by atoms with Gasteiger partial charge in [0.05, 0.1) is 11.3 Å². The molecule has 0 radical (unpaired) electrons. The molecule has 2 aliphatic heterocycles. The smallest absolute Gasteiger partial charge is 0.277 e. The van der Waals surface area contributed by atoms with Gasteiger partial charge < -0.3 is 4.90 Å². The van der Waals surface area contributed by atoms with E-state index in [1.54, 1.807) is 5.48 Å². The van der Waals surface area contributed by atoms with Gasteiger partial charge in [-0.3, -0.25) is 19.9 Å². The van der Waals surface area contributed by atoms with Crippen LogP contribution in [0.1, 0.15) is 22.5 Å². The molecule has 0 bridgehead atoms. The van der Waals surface area contributed by atoms with Gasteiger partial charge in [-0.25, -0.2) is 15.4 Å². The van der Waals surface area contributed by atoms with Crippen LogP contribution in [0.4, 0.5) is 5.95 Å². The topological polar surface area (TPSA) is 94.5 Å². The zero-order chi connectivity index (χ0) is 17.3. The molecule has 0 atom stereocenters. The van der Waals surface area contributed by atoms with Crippen molar-refractivity contribution in [1.82, 2.24) is 25.3 Å². The molecule has 0 aromatic carbocycles. The molecule has 8 nitrogen and oxygen atoms in total. The van der Waals surface area contributed by atoms with Gasteiger partial charge in [0.2, 0.25) is 5.95 Å². The standard InChI is InChI=1S/C17H20N6O2.ClH/c24-15(21-25)13-7-19-16(20-8-13)23-6-4-17(12-23)10-22(11-17)9-14-3-1-2-5-18-14;/h1-3,5,7-8,25H,4,6,9-12H2,(H,21,24);1H. The first kappa shape index (κ1) is 18.5. The monoisotopic (exact) mass is 376 g/mol. The summed E-state index contributed by atoms with van der Waals surface area (Å²) in [5.41, 5.74) is 3.23.